The highest BCUT2D eigenvalue weighted by Crippen LogP contribution is 2.33. The van der Waals surface area contributed by atoms with Crippen molar-refractivity contribution in [2.45, 2.75) is 44.0 Å². The predicted molar refractivity (Wildman–Crippen MR) is 81.5 cm³/mol. The number of rotatable bonds is 4. The Morgan fingerprint density at radius 2 is 1.69 bits per heavy atom. The number of hydrogen-bond donors (Lipinski definition) is 2. The minimum atomic E-state index is -0.748. The molecule has 4 atom stereocenters. The van der Waals surface area contributed by atoms with Crippen molar-refractivity contribution in [3.8, 4) is 0 Å². The van der Waals surface area contributed by atoms with E-state index in [4.69, 9.17) is 4.74 Å². The van der Waals surface area contributed by atoms with Crippen LogP contribution in [0.4, 0.5) is 0 Å². The standard InChI is InChI=1S/C11H20I2O3/c1-10(14,6-12)8-3-4-9(16-5-8)11(2,15)7-13/h8-9,14-15H,3-7H2,1-2H3. The summed E-state index contributed by atoms with van der Waals surface area (Å²) in [6, 6.07) is 0. The van der Waals surface area contributed by atoms with Gasteiger partial charge in [-0.25, -0.2) is 0 Å². The number of hydrogen-bond acceptors (Lipinski definition) is 3. The van der Waals surface area contributed by atoms with Gasteiger partial charge in [-0.05, 0) is 26.7 Å². The Hall–Kier alpha value is 1.34. The molecule has 3 nitrogen and oxygen atoms in total. The largest absolute Gasteiger partial charge is 0.389 e. The van der Waals surface area contributed by atoms with E-state index in [1.165, 1.54) is 0 Å². The number of aliphatic hydroxyl groups is 2. The van der Waals surface area contributed by atoms with E-state index in [-0.39, 0.29) is 12.0 Å². The number of alkyl halides is 2. The summed E-state index contributed by atoms with van der Waals surface area (Å²) in [6.07, 6.45) is 1.66. The fourth-order valence-corrected chi connectivity index (χ4v) is 3.04. The summed E-state index contributed by atoms with van der Waals surface area (Å²) in [6.45, 7) is 4.23. The van der Waals surface area contributed by atoms with Gasteiger partial charge in [-0.2, -0.15) is 0 Å². The molecule has 0 amide bonds. The van der Waals surface area contributed by atoms with Gasteiger partial charge in [-0.1, -0.05) is 45.2 Å². The van der Waals surface area contributed by atoms with Gasteiger partial charge in [0.25, 0.3) is 0 Å². The highest BCUT2D eigenvalue weighted by atomic mass is 127. The molecular weight excluding hydrogens is 434 g/mol. The second-order valence-corrected chi connectivity index (χ2v) is 6.60. The zero-order valence-electron chi connectivity index (χ0n) is 9.75. The molecule has 1 aliphatic rings. The zero-order valence-corrected chi connectivity index (χ0v) is 14.1. The van der Waals surface area contributed by atoms with Crippen LogP contribution < -0.4 is 0 Å². The second kappa shape index (κ2) is 5.99. The van der Waals surface area contributed by atoms with E-state index >= 15 is 0 Å². The van der Waals surface area contributed by atoms with Gasteiger partial charge in [0.2, 0.25) is 0 Å². The molecule has 0 bridgehead atoms. The molecule has 0 saturated carbocycles. The van der Waals surface area contributed by atoms with Gasteiger partial charge in [0, 0.05) is 14.8 Å². The molecule has 1 heterocycles. The summed E-state index contributed by atoms with van der Waals surface area (Å²) in [4.78, 5) is 0. The van der Waals surface area contributed by atoms with E-state index in [2.05, 4.69) is 45.2 Å². The number of halogens is 2. The average Bonchev–Trinajstić information content (AvgIpc) is 2.29. The molecule has 1 aliphatic heterocycles. The summed E-state index contributed by atoms with van der Waals surface area (Å²) < 4.78 is 7.10. The topological polar surface area (TPSA) is 49.7 Å². The first kappa shape index (κ1) is 15.4. The van der Waals surface area contributed by atoms with Crippen molar-refractivity contribution < 1.29 is 14.9 Å². The molecule has 0 aromatic carbocycles. The molecule has 2 N–H and O–H groups in total. The summed E-state index contributed by atoms with van der Waals surface area (Å²) in [5.41, 5.74) is -1.40. The third-order valence-corrected chi connectivity index (χ3v) is 6.48. The van der Waals surface area contributed by atoms with Gasteiger partial charge in [-0.15, -0.1) is 0 Å². The molecule has 0 radical (unpaired) electrons. The van der Waals surface area contributed by atoms with Crippen molar-refractivity contribution in [2.24, 2.45) is 5.92 Å². The summed E-state index contributed by atoms with van der Waals surface area (Å²) >= 11 is 4.39. The summed E-state index contributed by atoms with van der Waals surface area (Å²) in [7, 11) is 0. The van der Waals surface area contributed by atoms with E-state index in [0.29, 0.717) is 15.5 Å². The molecular formula is C11H20I2O3. The molecule has 5 heteroatoms. The van der Waals surface area contributed by atoms with Crippen LogP contribution in [0, 0.1) is 5.92 Å². The van der Waals surface area contributed by atoms with Gasteiger partial charge in [-0.3, -0.25) is 0 Å². The molecule has 0 aromatic rings. The normalized spacial score (nSPS) is 34.1. The maximum absolute atomic E-state index is 10.1. The Balaban J connectivity index is 2.52. The first-order valence-corrected chi connectivity index (χ1v) is 8.57. The van der Waals surface area contributed by atoms with E-state index in [1.54, 1.807) is 0 Å². The molecule has 0 spiro atoms. The quantitative estimate of drug-likeness (QED) is 0.506. The Bertz CT molecular complexity index is 199. The van der Waals surface area contributed by atoms with E-state index in [1.807, 2.05) is 13.8 Å². The monoisotopic (exact) mass is 454 g/mol. The Morgan fingerprint density at radius 3 is 2.06 bits per heavy atom. The second-order valence-electron chi connectivity index (χ2n) is 5.08. The Morgan fingerprint density at radius 1 is 1.12 bits per heavy atom. The molecule has 16 heavy (non-hydrogen) atoms. The van der Waals surface area contributed by atoms with Crippen LogP contribution in [0.3, 0.4) is 0 Å². The average molecular weight is 454 g/mol. The van der Waals surface area contributed by atoms with Crippen molar-refractivity contribution in [3.63, 3.8) is 0 Å². The molecule has 1 rings (SSSR count). The van der Waals surface area contributed by atoms with Gasteiger partial charge < -0.3 is 14.9 Å². The van der Waals surface area contributed by atoms with Crippen LogP contribution in [0.2, 0.25) is 0 Å². The van der Waals surface area contributed by atoms with Crippen LogP contribution in [-0.2, 0) is 4.74 Å². The van der Waals surface area contributed by atoms with Crippen molar-refractivity contribution in [1.29, 1.82) is 0 Å². The minimum Gasteiger partial charge on any atom is -0.389 e. The third-order valence-electron chi connectivity index (χ3n) is 3.39. The molecule has 0 aliphatic carbocycles. The fraction of sp³-hybridized carbons (Fsp3) is 1.00. The van der Waals surface area contributed by atoms with Crippen LogP contribution in [0.25, 0.3) is 0 Å². The lowest BCUT2D eigenvalue weighted by Crippen LogP contribution is -2.50. The van der Waals surface area contributed by atoms with Crippen LogP contribution >= 0.6 is 45.2 Å². The lowest BCUT2D eigenvalue weighted by molar-refractivity contribution is -0.144. The highest BCUT2D eigenvalue weighted by molar-refractivity contribution is 14.1. The SMILES string of the molecule is CC(O)(CI)C1CCC(C(C)(O)CI)OC1. The molecule has 4 unspecified atom stereocenters. The van der Waals surface area contributed by atoms with Crippen LogP contribution in [0.5, 0.6) is 0 Å². The minimum absolute atomic E-state index is 0.0920. The van der Waals surface area contributed by atoms with Crippen LogP contribution in [0.1, 0.15) is 26.7 Å². The van der Waals surface area contributed by atoms with E-state index < -0.39 is 11.2 Å². The van der Waals surface area contributed by atoms with Crippen molar-refractivity contribution in [2.75, 3.05) is 15.5 Å². The number of ether oxygens (including phenoxy) is 1. The first-order valence-electron chi connectivity index (χ1n) is 5.52. The lowest BCUT2D eigenvalue weighted by atomic mass is 9.82. The summed E-state index contributed by atoms with van der Waals surface area (Å²) in [5, 5.41) is 20.2. The van der Waals surface area contributed by atoms with Crippen molar-refractivity contribution >= 4 is 45.2 Å². The molecule has 96 valence electrons. The Labute approximate surface area is 125 Å². The van der Waals surface area contributed by atoms with Crippen molar-refractivity contribution in [1.82, 2.24) is 0 Å². The van der Waals surface area contributed by atoms with Gasteiger partial charge in [0.1, 0.15) is 0 Å². The lowest BCUT2D eigenvalue weighted by Gasteiger charge is -2.41. The van der Waals surface area contributed by atoms with Gasteiger partial charge in [0.15, 0.2) is 0 Å². The fourth-order valence-electron chi connectivity index (χ4n) is 1.93. The van der Waals surface area contributed by atoms with Gasteiger partial charge >= 0.3 is 0 Å². The van der Waals surface area contributed by atoms with Crippen molar-refractivity contribution in [3.05, 3.63) is 0 Å². The van der Waals surface area contributed by atoms with Gasteiger partial charge in [0.05, 0.1) is 23.9 Å². The van der Waals surface area contributed by atoms with Crippen LogP contribution in [0.15, 0.2) is 0 Å². The molecule has 1 fully saturated rings. The molecule has 1 saturated heterocycles. The molecule has 0 aromatic heterocycles. The maximum atomic E-state index is 10.1. The van der Waals surface area contributed by atoms with E-state index in [0.717, 1.165) is 12.8 Å². The maximum Gasteiger partial charge on any atom is 0.0969 e. The third kappa shape index (κ3) is 3.66. The predicted octanol–water partition coefficient (Wildman–Crippen LogP) is 2.15. The summed E-state index contributed by atoms with van der Waals surface area (Å²) in [5.74, 6) is 0.186. The van der Waals surface area contributed by atoms with Crippen LogP contribution in [-0.4, -0.2) is 43.0 Å². The Kier molecular flexibility index (Phi) is 5.76. The smallest absolute Gasteiger partial charge is 0.0969 e. The zero-order chi connectivity index (χ0) is 12.4. The first-order chi connectivity index (χ1) is 7.33. The van der Waals surface area contributed by atoms with E-state index in [9.17, 15) is 10.2 Å². The highest BCUT2D eigenvalue weighted by Gasteiger charge is 2.40.